The van der Waals surface area contributed by atoms with Crippen molar-refractivity contribution in [2.24, 2.45) is 0 Å². The van der Waals surface area contributed by atoms with Gasteiger partial charge in [-0.15, -0.1) is 0 Å². The smallest absolute Gasteiger partial charge is 0.254 e. The predicted molar refractivity (Wildman–Crippen MR) is 82.4 cm³/mol. The van der Waals surface area contributed by atoms with E-state index in [4.69, 9.17) is 9.47 Å². The van der Waals surface area contributed by atoms with Crippen molar-refractivity contribution in [3.05, 3.63) is 23.8 Å². The average Bonchev–Trinajstić information content (AvgIpc) is 2.85. The first-order valence-corrected chi connectivity index (χ1v) is 8.03. The van der Waals surface area contributed by atoms with Crippen molar-refractivity contribution in [3.63, 3.8) is 0 Å². The van der Waals surface area contributed by atoms with E-state index in [0.717, 1.165) is 25.7 Å². The molecule has 2 aliphatic heterocycles. The molecule has 0 aliphatic carbocycles. The third kappa shape index (κ3) is 2.54. The van der Waals surface area contributed by atoms with Crippen molar-refractivity contribution >= 4 is 5.91 Å². The minimum Gasteiger partial charge on any atom is -0.490 e. The SMILES string of the molecule is CCC1(CO)CCCN1C(=O)c1ccc2c(c1)OCCCO2. The Morgan fingerprint density at radius 1 is 1.27 bits per heavy atom. The molecule has 0 saturated carbocycles. The van der Waals surface area contributed by atoms with Gasteiger partial charge in [-0.3, -0.25) is 4.79 Å². The van der Waals surface area contributed by atoms with Gasteiger partial charge in [0.2, 0.25) is 0 Å². The Morgan fingerprint density at radius 3 is 2.77 bits per heavy atom. The Labute approximate surface area is 130 Å². The van der Waals surface area contributed by atoms with Crippen molar-refractivity contribution in [3.8, 4) is 11.5 Å². The second kappa shape index (κ2) is 6.16. The summed E-state index contributed by atoms with van der Waals surface area (Å²) < 4.78 is 11.3. The van der Waals surface area contributed by atoms with Crippen LogP contribution in [-0.4, -0.2) is 47.8 Å². The quantitative estimate of drug-likeness (QED) is 0.930. The van der Waals surface area contributed by atoms with Crippen LogP contribution in [0.15, 0.2) is 18.2 Å². The summed E-state index contributed by atoms with van der Waals surface area (Å²) in [6.45, 7) is 3.97. The van der Waals surface area contributed by atoms with Crippen LogP contribution in [-0.2, 0) is 0 Å². The van der Waals surface area contributed by atoms with Crippen molar-refractivity contribution in [1.29, 1.82) is 0 Å². The largest absolute Gasteiger partial charge is 0.490 e. The molecule has 3 rings (SSSR count). The van der Waals surface area contributed by atoms with Gasteiger partial charge in [0.15, 0.2) is 11.5 Å². The summed E-state index contributed by atoms with van der Waals surface area (Å²) in [6.07, 6.45) is 3.40. The van der Waals surface area contributed by atoms with Gasteiger partial charge in [-0.1, -0.05) is 6.92 Å². The minimum absolute atomic E-state index is 0.0137. The third-order valence-corrected chi connectivity index (χ3v) is 4.79. The zero-order valence-electron chi connectivity index (χ0n) is 13.0. The molecule has 5 heteroatoms. The number of carbonyl (C=O) groups is 1. The van der Waals surface area contributed by atoms with E-state index in [9.17, 15) is 9.90 Å². The van der Waals surface area contributed by atoms with Crippen LogP contribution in [0.4, 0.5) is 0 Å². The zero-order valence-corrected chi connectivity index (χ0v) is 13.0. The number of nitrogens with zero attached hydrogens (tertiary/aromatic N) is 1. The lowest BCUT2D eigenvalue weighted by molar-refractivity contribution is 0.0397. The second-order valence-electron chi connectivity index (χ2n) is 6.01. The molecule has 0 spiro atoms. The van der Waals surface area contributed by atoms with Crippen molar-refractivity contribution in [2.75, 3.05) is 26.4 Å². The number of hydrogen-bond acceptors (Lipinski definition) is 4. The predicted octanol–water partition coefficient (Wildman–Crippen LogP) is 2.23. The molecule has 1 saturated heterocycles. The van der Waals surface area contributed by atoms with Crippen molar-refractivity contribution in [2.45, 2.75) is 38.1 Å². The Bertz CT molecular complexity index is 554. The van der Waals surface area contributed by atoms with E-state index in [1.807, 2.05) is 11.8 Å². The molecular weight excluding hydrogens is 282 g/mol. The number of fused-ring (bicyclic) bond motifs is 1. The number of rotatable bonds is 3. The lowest BCUT2D eigenvalue weighted by atomic mass is 9.93. The van der Waals surface area contributed by atoms with E-state index < -0.39 is 5.54 Å². The Balaban J connectivity index is 1.87. The Kier molecular flexibility index (Phi) is 4.25. The molecule has 0 radical (unpaired) electrons. The van der Waals surface area contributed by atoms with Crippen LogP contribution < -0.4 is 9.47 Å². The van der Waals surface area contributed by atoms with Gasteiger partial charge in [0.05, 0.1) is 25.4 Å². The second-order valence-corrected chi connectivity index (χ2v) is 6.01. The highest BCUT2D eigenvalue weighted by atomic mass is 16.5. The molecular formula is C17H23NO4. The number of amides is 1. The van der Waals surface area contributed by atoms with Gasteiger partial charge >= 0.3 is 0 Å². The number of ether oxygens (including phenoxy) is 2. The number of hydrogen-bond donors (Lipinski definition) is 1. The molecule has 0 bridgehead atoms. The summed E-state index contributed by atoms with van der Waals surface area (Å²) in [4.78, 5) is 14.7. The van der Waals surface area contributed by atoms with Gasteiger partial charge in [-0.05, 0) is 37.5 Å². The molecule has 2 aliphatic rings. The molecule has 120 valence electrons. The number of carbonyl (C=O) groups excluding carboxylic acids is 1. The molecule has 1 atom stereocenters. The molecule has 1 fully saturated rings. The molecule has 2 heterocycles. The van der Waals surface area contributed by atoms with Crippen molar-refractivity contribution < 1.29 is 19.4 Å². The topological polar surface area (TPSA) is 59.0 Å². The summed E-state index contributed by atoms with van der Waals surface area (Å²) in [5.74, 6) is 1.29. The lowest BCUT2D eigenvalue weighted by Gasteiger charge is -2.36. The van der Waals surface area contributed by atoms with E-state index in [2.05, 4.69) is 0 Å². The zero-order chi connectivity index (χ0) is 15.6. The van der Waals surface area contributed by atoms with E-state index in [-0.39, 0.29) is 12.5 Å². The molecule has 22 heavy (non-hydrogen) atoms. The number of benzene rings is 1. The third-order valence-electron chi connectivity index (χ3n) is 4.79. The molecule has 1 unspecified atom stereocenters. The fourth-order valence-electron chi connectivity index (χ4n) is 3.35. The van der Waals surface area contributed by atoms with Crippen molar-refractivity contribution in [1.82, 2.24) is 4.90 Å². The number of likely N-dealkylation sites (tertiary alicyclic amines) is 1. The van der Waals surface area contributed by atoms with E-state index in [1.165, 1.54) is 0 Å². The Morgan fingerprint density at radius 2 is 2.05 bits per heavy atom. The minimum atomic E-state index is -0.415. The fraction of sp³-hybridized carbons (Fsp3) is 0.588. The average molecular weight is 305 g/mol. The summed E-state index contributed by atoms with van der Waals surface area (Å²) >= 11 is 0. The molecule has 1 aromatic rings. The van der Waals surface area contributed by atoms with Gasteiger partial charge in [0.25, 0.3) is 5.91 Å². The molecule has 0 aromatic heterocycles. The highest BCUT2D eigenvalue weighted by Crippen LogP contribution is 2.35. The summed E-state index contributed by atoms with van der Waals surface area (Å²) in [7, 11) is 0. The highest BCUT2D eigenvalue weighted by Gasteiger charge is 2.42. The maximum absolute atomic E-state index is 12.9. The van der Waals surface area contributed by atoms with Gasteiger partial charge in [0, 0.05) is 18.5 Å². The van der Waals surface area contributed by atoms with Crippen LogP contribution in [0.2, 0.25) is 0 Å². The van der Waals surface area contributed by atoms with E-state index >= 15 is 0 Å². The van der Waals surface area contributed by atoms with Crippen LogP contribution >= 0.6 is 0 Å². The first-order valence-electron chi connectivity index (χ1n) is 8.03. The normalized spacial score (nSPS) is 24.2. The molecule has 5 nitrogen and oxygen atoms in total. The monoisotopic (exact) mass is 305 g/mol. The molecule has 1 N–H and O–H groups in total. The molecule has 1 aromatic carbocycles. The van der Waals surface area contributed by atoms with Crippen LogP contribution in [0.3, 0.4) is 0 Å². The lowest BCUT2D eigenvalue weighted by Crippen LogP contribution is -2.49. The van der Waals surface area contributed by atoms with Gasteiger partial charge < -0.3 is 19.5 Å². The fourth-order valence-corrected chi connectivity index (χ4v) is 3.35. The van der Waals surface area contributed by atoms with E-state index in [1.54, 1.807) is 18.2 Å². The summed E-state index contributed by atoms with van der Waals surface area (Å²) in [5, 5.41) is 9.77. The van der Waals surface area contributed by atoms with Crippen LogP contribution in [0.25, 0.3) is 0 Å². The standard InChI is InChI=1S/C17H23NO4/c1-2-17(12-19)7-3-8-18(17)16(20)13-5-6-14-15(11-13)22-10-4-9-21-14/h5-6,11,19H,2-4,7-10,12H2,1H3. The summed E-state index contributed by atoms with van der Waals surface area (Å²) in [6, 6.07) is 5.35. The van der Waals surface area contributed by atoms with Crippen LogP contribution in [0, 0.1) is 0 Å². The molecule has 1 amide bonds. The highest BCUT2D eigenvalue weighted by molar-refractivity contribution is 5.95. The van der Waals surface area contributed by atoms with E-state index in [0.29, 0.717) is 36.8 Å². The van der Waals surface area contributed by atoms with Gasteiger partial charge in [-0.2, -0.15) is 0 Å². The van der Waals surface area contributed by atoms with Crippen LogP contribution in [0.1, 0.15) is 43.0 Å². The first-order chi connectivity index (χ1) is 10.7. The first kappa shape index (κ1) is 15.2. The number of aliphatic hydroxyl groups excluding tert-OH is 1. The number of aliphatic hydroxyl groups is 1. The Hall–Kier alpha value is -1.75. The van der Waals surface area contributed by atoms with Gasteiger partial charge in [0.1, 0.15) is 0 Å². The van der Waals surface area contributed by atoms with Gasteiger partial charge in [-0.25, -0.2) is 0 Å². The van der Waals surface area contributed by atoms with Crippen LogP contribution in [0.5, 0.6) is 11.5 Å². The maximum atomic E-state index is 12.9. The summed E-state index contributed by atoms with van der Waals surface area (Å²) in [5.41, 5.74) is 0.179. The maximum Gasteiger partial charge on any atom is 0.254 e.